The first-order valence-corrected chi connectivity index (χ1v) is 8.89. The molecule has 1 atom stereocenters. The van der Waals surface area contributed by atoms with E-state index in [0.29, 0.717) is 5.56 Å². The highest BCUT2D eigenvalue weighted by Gasteiger charge is 2.22. The second-order valence-electron chi connectivity index (χ2n) is 5.32. The first-order valence-electron chi connectivity index (χ1n) is 7.41. The number of carboxylic acid groups (broad SMARTS) is 1. The van der Waals surface area contributed by atoms with Crippen LogP contribution >= 0.6 is 0 Å². The first-order chi connectivity index (χ1) is 12.2. The molecular weight excluding hydrogens is 364 g/mol. The van der Waals surface area contributed by atoms with Crippen molar-refractivity contribution in [2.75, 3.05) is 6.61 Å². The predicted molar refractivity (Wildman–Crippen MR) is 91.4 cm³/mol. The standard InChI is InChI=1S/C16H16N2O7S/c1-11(17-26(23,24)13-5-3-2-4-6-13)12-7-8-15(25-10-16(19)20)14(9-12)18(21)22/h2-9,11,17H,10H2,1H3,(H,19,20). The van der Waals surface area contributed by atoms with E-state index < -0.39 is 39.3 Å². The van der Waals surface area contributed by atoms with E-state index in [2.05, 4.69) is 4.72 Å². The molecule has 2 rings (SSSR count). The molecule has 0 aliphatic rings. The number of nitro groups is 1. The van der Waals surface area contributed by atoms with Gasteiger partial charge in [-0.25, -0.2) is 17.9 Å². The Morgan fingerprint density at radius 2 is 1.92 bits per heavy atom. The van der Waals surface area contributed by atoms with Crippen LogP contribution in [0, 0.1) is 10.1 Å². The molecule has 0 spiro atoms. The van der Waals surface area contributed by atoms with Crippen molar-refractivity contribution < 1.29 is 28.0 Å². The number of rotatable bonds is 8. The van der Waals surface area contributed by atoms with Gasteiger partial charge < -0.3 is 9.84 Å². The molecule has 0 aliphatic heterocycles. The minimum absolute atomic E-state index is 0.0720. The number of nitrogens with zero attached hydrogens (tertiary/aromatic N) is 1. The molecular formula is C16H16N2O7S. The van der Waals surface area contributed by atoms with Gasteiger partial charge in [-0.3, -0.25) is 10.1 Å². The molecule has 0 fully saturated rings. The molecule has 0 saturated heterocycles. The van der Waals surface area contributed by atoms with Crippen molar-refractivity contribution in [2.24, 2.45) is 0 Å². The lowest BCUT2D eigenvalue weighted by Crippen LogP contribution is -2.26. The fraction of sp³-hybridized carbons (Fsp3) is 0.188. The van der Waals surface area contributed by atoms with E-state index in [1.54, 1.807) is 18.2 Å². The molecule has 0 radical (unpaired) electrons. The lowest BCUT2D eigenvalue weighted by molar-refractivity contribution is -0.385. The Morgan fingerprint density at radius 3 is 2.50 bits per heavy atom. The van der Waals surface area contributed by atoms with Crippen LogP contribution in [0.4, 0.5) is 5.69 Å². The summed E-state index contributed by atoms with van der Waals surface area (Å²) in [7, 11) is -3.80. The maximum absolute atomic E-state index is 12.3. The zero-order valence-electron chi connectivity index (χ0n) is 13.7. The topological polar surface area (TPSA) is 136 Å². The average molecular weight is 380 g/mol. The molecule has 2 aromatic carbocycles. The van der Waals surface area contributed by atoms with Crippen LogP contribution in [0.5, 0.6) is 5.75 Å². The highest BCUT2D eigenvalue weighted by Crippen LogP contribution is 2.30. The summed E-state index contributed by atoms with van der Waals surface area (Å²) >= 11 is 0. The summed E-state index contributed by atoms with van der Waals surface area (Å²) in [5.74, 6) is -1.48. The van der Waals surface area contributed by atoms with Crippen LogP contribution in [-0.2, 0) is 14.8 Å². The lowest BCUT2D eigenvalue weighted by Gasteiger charge is -2.15. The summed E-state index contributed by atoms with van der Waals surface area (Å²) in [6.07, 6.45) is 0. The fourth-order valence-electron chi connectivity index (χ4n) is 2.18. The molecule has 10 heteroatoms. The Kier molecular flexibility index (Phi) is 5.90. The van der Waals surface area contributed by atoms with Crippen molar-refractivity contribution in [3.8, 4) is 5.75 Å². The van der Waals surface area contributed by atoms with Gasteiger partial charge in [-0.15, -0.1) is 0 Å². The van der Waals surface area contributed by atoms with Gasteiger partial charge in [0.25, 0.3) is 0 Å². The van der Waals surface area contributed by atoms with Gasteiger partial charge in [-0.05, 0) is 30.7 Å². The number of carboxylic acids is 1. The third-order valence-electron chi connectivity index (χ3n) is 3.42. The van der Waals surface area contributed by atoms with E-state index in [0.717, 1.165) is 6.07 Å². The molecule has 2 aromatic rings. The summed E-state index contributed by atoms with van der Waals surface area (Å²) in [5.41, 5.74) is -0.117. The average Bonchev–Trinajstić information content (AvgIpc) is 2.60. The molecule has 2 N–H and O–H groups in total. The van der Waals surface area contributed by atoms with E-state index in [-0.39, 0.29) is 10.6 Å². The van der Waals surface area contributed by atoms with Gasteiger partial charge in [0.15, 0.2) is 12.4 Å². The van der Waals surface area contributed by atoms with Crippen molar-refractivity contribution in [3.63, 3.8) is 0 Å². The summed E-state index contributed by atoms with van der Waals surface area (Å²) in [4.78, 5) is 21.1. The highest BCUT2D eigenvalue weighted by molar-refractivity contribution is 7.89. The van der Waals surface area contributed by atoms with Crippen LogP contribution in [0.15, 0.2) is 53.4 Å². The number of ether oxygens (including phenoxy) is 1. The van der Waals surface area contributed by atoms with Crippen LogP contribution in [0.25, 0.3) is 0 Å². The molecule has 0 saturated carbocycles. The Hall–Kier alpha value is -2.98. The van der Waals surface area contributed by atoms with Crippen LogP contribution in [0.2, 0.25) is 0 Å². The van der Waals surface area contributed by atoms with E-state index >= 15 is 0 Å². The van der Waals surface area contributed by atoms with Gasteiger partial charge in [-0.2, -0.15) is 0 Å². The molecule has 0 aliphatic carbocycles. The molecule has 9 nitrogen and oxygen atoms in total. The summed E-state index contributed by atoms with van der Waals surface area (Å²) in [6.45, 7) is 0.813. The third-order valence-corrected chi connectivity index (χ3v) is 4.97. The second-order valence-corrected chi connectivity index (χ2v) is 7.04. The van der Waals surface area contributed by atoms with Crippen molar-refractivity contribution in [1.82, 2.24) is 4.72 Å². The highest BCUT2D eigenvalue weighted by atomic mass is 32.2. The lowest BCUT2D eigenvalue weighted by atomic mass is 10.1. The van der Waals surface area contributed by atoms with E-state index in [1.807, 2.05) is 0 Å². The van der Waals surface area contributed by atoms with E-state index in [4.69, 9.17) is 9.84 Å². The van der Waals surface area contributed by atoms with Crippen LogP contribution in [0.3, 0.4) is 0 Å². The molecule has 0 aromatic heterocycles. The summed E-state index contributed by atoms with van der Waals surface area (Å²) in [5, 5.41) is 19.8. The Labute approximate surface area is 149 Å². The molecule has 26 heavy (non-hydrogen) atoms. The normalized spacial score (nSPS) is 12.3. The molecule has 1 unspecified atom stereocenters. The Balaban J connectivity index is 2.26. The minimum atomic E-state index is -3.80. The Bertz CT molecular complexity index is 913. The fourth-order valence-corrected chi connectivity index (χ4v) is 3.43. The SMILES string of the molecule is CC(NS(=O)(=O)c1ccccc1)c1ccc(OCC(=O)O)c([N+](=O)[O-])c1. The summed E-state index contributed by atoms with van der Waals surface area (Å²) < 4.78 is 32.0. The number of aliphatic carboxylic acids is 1. The van der Waals surface area contributed by atoms with Gasteiger partial charge >= 0.3 is 11.7 Å². The number of sulfonamides is 1. The minimum Gasteiger partial charge on any atom is -0.479 e. The molecule has 0 amide bonds. The van der Waals surface area contributed by atoms with E-state index in [9.17, 15) is 23.3 Å². The second kappa shape index (κ2) is 7.93. The van der Waals surface area contributed by atoms with Crippen molar-refractivity contribution >= 4 is 21.7 Å². The maximum Gasteiger partial charge on any atom is 0.341 e. The summed E-state index contributed by atoms with van der Waals surface area (Å²) in [6, 6.07) is 10.8. The largest absolute Gasteiger partial charge is 0.479 e. The molecule has 0 heterocycles. The number of nitro benzene ring substituents is 1. The number of benzene rings is 2. The number of hydrogen-bond acceptors (Lipinski definition) is 6. The molecule has 138 valence electrons. The third kappa shape index (κ3) is 4.77. The van der Waals surface area contributed by atoms with Gasteiger partial charge in [-0.1, -0.05) is 24.3 Å². The van der Waals surface area contributed by atoms with Crippen molar-refractivity contribution in [3.05, 3.63) is 64.2 Å². The van der Waals surface area contributed by atoms with Crippen molar-refractivity contribution in [2.45, 2.75) is 17.9 Å². The van der Waals surface area contributed by atoms with Crippen molar-refractivity contribution in [1.29, 1.82) is 0 Å². The monoisotopic (exact) mass is 380 g/mol. The van der Waals surface area contributed by atoms with Gasteiger partial charge in [0.2, 0.25) is 10.0 Å². The Morgan fingerprint density at radius 1 is 1.27 bits per heavy atom. The van der Waals surface area contributed by atoms with Gasteiger partial charge in [0.05, 0.1) is 9.82 Å². The predicted octanol–water partition coefficient (Wildman–Crippen LogP) is 2.10. The zero-order valence-corrected chi connectivity index (χ0v) is 14.5. The number of hydrogen-bond donors (Lipinski definition) is 2. The maximum atomic E-state index is 12.3. The number of carbonyl (C=O) groups is 1. The van der Waals surface area contributed by atoms with Gasteiger partial charge in [0, 0.05) is 12.1 Å². The smallest absolute Gasteiger partial charge is 0.341 e. The van der Waals surface area contributed by atoms with Crippen LogP contribution in [0.1, 0.15) is 18.5 Å². The number of nitrogens with one attached hydrogen (secondary N) is 1. The first kappa shape index (κ1) is 19.3. The van der Waals surface area contributed by atoms with Crippen LogP contribution in [-0.4, -0.2) is 31.0 Å². The zero-order chi connectivity index (χ0) is 19.3. The van der Waals surface area contributed by atoms with E-state index in [1.165, 1.54) is 31.2 Å². The van der Waals surface area contributed by atoms with Crippen LogP contribution < -0.4 is 9.46 Å². The van der Waals surface area contributed by atoms with Gasteiger partial charge in [0.1, 0.15) is 0 Å². The molecule has 0 bridgehead atoms. The quantitative estimate of drug-likeness (QED) is 0.528.